The summed E-state index contributed by atoms with van der Waals surface area (Å²) in [5.74, 6) is 1.92. The smallest absolute Gasteiger partial charge is 0.270 e. The maximum Gasteiger partial charge on any atom is 0.270 e. The molecule has 8 heteroatoms. The van der Waals surface area contributed by atoms with Crippen LogP contribution in [0, 0.1) is 51.9 Å². The number of nitriles is 4. The molecule has 0 bridgehead atoms. The van der Waals surface area contributed by atoms with Crippen LogP contribution in [0.25, 0.3) is 21.4 Å². The molecule has 4 rings (SSSR count). The van der Waals surface area contributed by atoms with Crippen LogP contribution in [0.2, 0.25) is 0 Å². The molecule has 1 fully saturated rings. The van der Waals surface area contributed by atoms with Gasteiger partial charge in [0.2, 0.25) is 0 Å². The minimum Gasteiger partial charge on any atom is -0.762 e. The lowest BCUT2D eigenvalue weighted by molar-refractivity contribution is 0.0547. The minimum atomic E-state index is -0.154. The molecule has 0 spiro atoms. The third-order valence-corrected chi connectivity index (χ3v) is 7.55. The molecule has 1 aliphatic carbocycles. The molecule has 8 nitrogen and oxygen atoms in total. The molecule has 1 aliphatic heterocycles. The average molecular weight is 611 g/mol. The van der Waals surface area contributed by atoms with Crippen LogP contribution in [0.15, 0.2) is 136 Å². The zero-order chi connectivity index (χ0) is 33.4. The minimum absolute atomic E-state index is 0.138. The van der Waals surface area contributed by atoms with Crippen LogP contribution in [0.3, 0.4) is 0 Å². The van der Waals surface area contributed by atoms with Crippen LogP contribution < -0.4 is 0 Å². The van der Waals surface area contributed by atoms with Crippen molar-refractivity contribution in [2.24, 2.45) is 0 Å². The number of hydrogen-bond donors (Lipinski definition) is 0. The lowest BCUT2D eigenvalue weighted by atomic mass is 9.94. The Morgan fingerprint density at radius 3 is 2.04 bits per heavy atom. The second-order valence-electron chi connectivity index (χ2n) is 10.3. The van der Waals surface area contributed by atoms with Gasteiger partial charge in [0, 0.05) is 29.9 Å². The molecule has 2 aromatic rings. The second kappa shape index (κ2) is 16.9. The van der Waals surface area contributed by atoms with E-state index in [1.54, 1.807) is 72.8 Å². The van der Waals surface area contributed by atoms with Gasteiger partial charge in [0.1, 0.15) is 6.07 Å². The van der Waals surface area contributed by atoms with Crippen molar-refractivity contribution in [3.63, 3.8) is 0 Å². The Labute approximate surface area is 275 Å². The molecule has 0 saturated carbocycles. The summed E-state index contributed by atoms with van der Waals surface area (Å²) in [6, 6.07) is 26.0. The Kier molecular flexibility index (Phi) is 12.0. The van der Waals surface area contributed by atoms with E-state index in [4.69, 9.17) is 11.3 Å². The fraction of sp³-hybridized carbons (Fsp3) is 0.154. The number of rotatable bonds is 9. The summed E-state index contributed by atoms with van der Waals surface area (Å²) in [5.41, 5.74) is 5.08. The molecule has 0 amide bonds. The normalized spacial score (nSPS) is 16.8. The van der Waals surface area contributed by atoms with Crippen molar-refractivity contribution in [3.8, 4) is 24.3 Å². The first-order valence-electron chi connectivity index (χ1n) is 14.8. The van der Waals surface area contributed by atoms with Gasteiger partial charge in [-0.15, -0.1) is 0 Å². The Hall–Kier alpha value is -6.72. The van der Waals surface area contributed by atoms with Crippen molar-refractivity contribution in [1.82, 2.24) is 4.90 Å². The van der Waals surface area contributed by atoms with Gasteiger partial charge in [0.15, 0.2) is 0 Å². The first kappa shape index (κ1) is 33.2. The fourth-order valence-electron chi connectivity index (χ4n) is 5.44. The van der Waals surface area contributed by atoms with Gasteiger partial charge in [-0.25, -0.2) is 16.0 Å². The summed E-state index contributed by atoms with van der Waals surface area (Å²) in [4.78, 5) is 5.63. The van der Waals surface area contributed by atoms with Gasteiger partial charge in [0.25, 0.3) is 5.70 Å². The third kappa shape index (κ3) is 8.06. The van der Waals surface area contributed by atoms with Gasteiger partial charge in [-0.2, -0.15) is 15.8 Å². The van der Waals surface area contributed by atoms with Crippen molar-refractivity contribution in [1.29, 1.82) is 21.0 Å². The van der Waals surface area contributed by atoms with Gasteiger partial charge >= 0.3 is 0 Å². The number of ether oxygens (including phenoxy) is 1. The summed E-state index contributed by atoms with van der Waals surface area (Å²) in [6.45, 7) is 10.1. The Balaban J connectivity index is 1.75. The predicted molar refractivity (Wildman–Crippen MR) is 181 cm³/mol. The van der Waals surface area contributed by atoms with Crippen molar-refractivity contribution in [3.05, 3.63) is 164 Å². The molecular weight excluding hydrogens is 582 g/mol. The molecular formula is C39H28N7O-. The standard InChI is InChI=1S/C39H28N7O/c1-45-36(28-44)38(30-12-6-3-7-13-30)34(25-41)17-9-15-32-19-18-31(39(32)46-20-22-47-23-21-46)14-8-16-33(24-40)37(35(26-42)27-43)29-10-4-2-5-11-29/h2-17H,18-23H2/q-1/b15-9+,16-8+,31-14+,34-17+,37-33-,38-36-. The van der Waals surface area contributed by atoms with Gasteiger partial charge in [-0.1, -0.05) is 85.0 Å². The van der Waals surface area contributed by atoms with Crippen LogP contribution >= 0.6 is 0 Å². The van der Waals surface area contributed by atoms with Crippen molar-refractivity contribution in [2.45, 2.75) is 12.8 Å². The van der Waals surface area contributed by atoms with Gasteiger partial charge in [-0.3, -0.25) is 0 Å². The van der Waals surface area contributed by atoms with Crippen LogP contribution in [0.4, 0.5) is 0 Å². The van der Waals surface area contributed by atoms with E-state index in [-0.39, 0.29) is 28.0 Å². The molecule has 1 heterocycles. The summed E-state index contributed by atoms with van der Waals surface area (Å²) in [5, 5.41) is 48.8. The van der Waals surface area contributed by atoms with E-state index in [9.17, 15) is 26.5 Å². The van der Waals surface area contributed by atoms with Crippen molar-refractivity contribution < 1.29 is 4.74 Å². The topological polar surface area (TPSA) is 134 Å². The van der Waals surface area contributed by atoms with E-state index in [0.717, 1.165) is 29.7 Å². The molecule has 0 radical (unpaired) electrons. The van der Waals surface area contributed by atoms with Crippen molar-refractivity contribution >= 4 is 17.0 Å². The van der Waals surface area contributed by atoms with Crippen LogP contribution in [0.1, 0.15) is 24.0 Å². The van der Waals surface area contributed by atoms with E-state index in [0.29, 0.717) is 43.0 Å². The van der Waals surface area contributed by atoms with Crippen LogP contribution in [-0.4, -0.2) is 37.1 Å². The Bertz CT molecular complexity index is 1980. The highest BCUT2D eigenvalue weighted by molar-refractivity contribution is 5.97. The molecule has 0 N–H and O–H groups in total. The monoisotopic (exact) mass is 610 g/mol. The summed E-state index contributed by atoms with van der Waals surface area (Å²) >= 11 is 0. The lowest BCUT2D eigenvalue weighted by Gasteiger charge is -2.31. The lowest BCUT2D eigenvalue weighted by Crippen LogP contribution is -2.36. The highest BCUT2D eigenvalue weighted by Crippen LogP contribution is 2.36. The molecule has 0 unspecified atom stereocenters. The number of nitrogens with zero attached hydrogens (tertiary/aromatic N) is 7. The molecule has 1 saturated heterocycles. The van der Waals surface area contributed by atoms with Crippen molar-refractivity contribution in [2.75, 3.05) is 26.3 Å². The number of hydrogen-bond acceptors (Lipinski definition) is 6. The first-order chi connectivity index (χ1) is 23.1. The van der Waals surface area contributed by atoms with Gasteiger partial charge in [-0.05, 0) is 47.3 Å². The SMILES string of the molecule is [C-]#[N+]\C(C#N)=C(/C(C#N)=C/C=C/C1=C(N2CCOCC2)C(=C/C=C/C(C#N)=C(/C(=C=[N-])C#N)c2ccccc2)/CC1)c1ccccc1. The highest BCUT2D eigenvalue weighted by Gasteiger charge is 2.24. The van der Waals surface area contributed by atoms with E-state index in [1.807, 2.05) is 42.3 Å². The maximum atomic E-state index is 10.0. The number of morpholine rings is 1. The predicted octanol–water partition coefficient (Wildman–Crippen LogP) is 7.38. The molecule has 2 aromatic carbocycles. The molecule has 2 aliphatic rings. The van der Waals surface area contributed by atoms with E-state index >= 15 is 0 Å². The maximum absolute atomic E-state index is 10.0. The molecule has 0 aromatic heterocycles. The number of allylic oxidation sites excluding steroid dienone is 14. The average Bonchev–Trinajstić information content (AvgIpc) is 3.53. The first-order valence-corrected chi connectivity index (χ1v) is 14.8. The van der Waals surface area contributed by atoms with E-state index in [2.05, 4.69) is 21.9 Å². The molecule has 0 atom stereocenters. The van der Waals surface area contributed by atoms with E-state index in [1.165, 1.54) is 0 Å². The second-order valence-corrected chi connectivity index (χ2v) is 10.3. The largest absolute Gasteiger partial charge is 0.762 e. The quantitative estimate of drug-likeness (QED) is 0.126. The fourth-order valence-corrected chi connectivity index (χ4v) is 5.44. The third-order valence-electron chi connectivity index (χ3n) is 7.55. The zero-order valence-electron chi connectivity index (χ0n) is 25.5. The highest BCUT2D eigenvalue weighted by atomic mass is 16.5. The van der Waals surface area contributed by atoms with Crippen LogP contribution in [-0.2, 0) is 4.74 Å². The Morgan fingerprint density at radius 2 is 1.49 bits per heavy atom. The summed E-state index contributed by atoms with van der Waals surface area (Å²) in [7, 11) is 0. The Morgan fingerprint density at radius 1 is 0.830 bits per heavy atom. The van der Waals surface area contributed by atoms with Crippen LogP contribution in [0.5, 0.6) is 0 Å². The summed E-state index contributed by atoms with van der Waals surface area (Å²) < 4.78 is 5.59. The van der Waals surface area contributed by atoms with E-state index < -0.39 is 0 Å². The zero-order valence-corrected chi connectivity index (χ0v) is 25.5. The molecule has 47 heavy (non-hydrogen) atoms. The summed E-state index contributed by atoms with van der Waals surface area (Å²) in [6.07, 6.45) is 12.2. The molecule has 226 valence electrons. The van der Waals surface area contributed by atoms with Gasteiger partial charge in [0.05, 0.1) is 54.7 Å². The van der Waals surface area contributed by atoms with Gasteiger partial charge < -0.3 is 15.0 Å². The number of benzene rings is 2.